The molecule has 0 fully saturated rings. The molecule has 190 valence electrons. The number of benzene rings is 5. The van der Waals surface area contributed by atoms with E-state index >= 15 is 0 Å². The average molecular weight is 495 g/mol. The molecular formula is C38H38. The van der Waals surface area contributed by atoms with Crippen molar-refractivity contribution >= 4 is 10.8 Å². The number of hydrogen-bond acceptors (Lipinski definition) is 0. The van der Waals surface area contributed by atoms with E-state index in [0.717, 1.165) is 19.3 Å². The van der Waals surface area contributed by atoms with Gasteiger partial charge in [-0.1, -0.05) is 133 Å². The van der Waals surface area contributed by atoms with Crippen molar-refractivity contribution in [3.8, 4) is 11.1 Å². The zero-order chi connectivity index (χ0) is 26.2. The van der Waals surface area contributed by atoms with Gasteiger partial charge in [0.05, 0.1) is 0 Å². The van der Waals surface area contributed by atoms with Gasteiger partial charge in [0.25, 0.3) is 0 Å². The summed E-state index contributed by atoms with van der Waals surface area (Å²) in [5, 5.41) is 2.66. The van der Waals surface area contributed by atoms with Crippen molar-refractivity contribution in [2.45, 2.75) is 51.4 Å². The monoisotopic (exact) mass is 494 g/mol. The molecule has 0 saturated heterocycles. The lowest BCUT2D eigenvalue weighted by Crippen LogP contribution is -2.06. The molecule has 0 aromatic heterocycles. The van der Waals surface area contributed by atoms with E-state index in [1.807, 2.05) is 6.08 Å². The molecule has 0 aliphatic carbocycles. The Morgan fingerprint density at radius 2 is 1.29 bits per heavy atom. The SMILES string of the molecule is C=CCCCCCc1ccc(C(Cc2ccc(-c3ccc(C)cc3)cc2)c2cccc3ccccc23)cc1. The summed E-state index contributed by atoms with van der Waals surface area (Å²) in [7, 11) is 0. The number of rotatable bonds is 11. The van der Waals surface area contributed by atoms with Crippen LogP contribution in [0.15, 0.2) is 128 Å². The van der Waals surface area contributed by atoms with Gasteiger partial charge >= 0.3 is 0 Å². The Balaban J connectivity index is 1.42. The van der Waals surface area contributed by atoms with E-state index in [4.69, 9.17) is 0 Å². The summed E-state index contributed by atoms with van der Waals surface area (Å²) in [5.41, 5.74) is 9.43. The molecule has 0 aliphatic heterocycles. The Hall–Kier alpha value is -3.90. The molecule has 0 nitrogen and oxygen atoms in total. The average Bonchev–Trinajstić information content (AvgIpc) is 2.97. The first-order chi connectivity index (χ1) is 18.7. The van der Waals surface area contributed by atoms with Crippen LogP contribution in [-0.2, 0) is 12.8 Å². The maximum atomic E-state index is 3.84. The quantitative estimate of drug-likeness (QED) is 0.126. The lowest BCUT2D eigenvalue weighted by molar-refractivity contribution is 0.687. The standard InChI is InChI=1S/C38H38/c1-3-4-5-6-7-11-30-18-26-35(27-19-30)38(37-15-10-13-34-12-8-9-14-36(34)37)28-31-20-24-33(25-21-31)32-22-16-29(2)17-23-32/h3,8-10,12-27,38H,1,4-7,11,28H2,2H3. The zero-order valence-corrected chi connectivity index (χ0v) is 22.6. The highest BCUT2D eigenvalue weighted by molar-refractivity contribution is 5.86. The summed E-state index contributed by atoms with van der Waals surface area (Å²) >= 11 is 0. The van der Waals surface area contributed by atoms with E-state index in [-0.39, 0.29) is 0 Å². The molecule has 0 radical (unpaired) electrons. The van der Waals surface area contributed by atoms with Crippen molar-refractivity contribution in [3.63, 3.8) is 0 Å². The predicted molar refractivity (Wildman–Crippen MR) is 165 cm³/mol. The van der Waals surface area contributed by atoms with Crippen molar-refractivity contribution in [3.05, 3.63) is 156 Å². The molecule has 0 heterocycles. The molecule has 5 rings (SSSR count). The van der Waals surface area contributed by atoms with Gasteiger partial charge in [-0.05, 0) is 83.2 Å². The molecule has 5 aromatic rings. The minimum absolute atomic E-state index is 0.299. The van der Waals surface area contributed by atoms with Gasteiger partial charge in [0.2, 0.25) is 0 Å². The van der Waals surface area contributed by atoms with Crippen LogP contribution in [0.4, 0.5) is 0 Å². The van der Waals surface area contributed by atoms with E-state index < -0.39 is 0 Å². The smallest absolute Gasteiger partial charge is 0.0136 e. The third-order valence-corrected chi connectivity index (χ3v) is 7.73. The fraction of sp³-hybridized carbons (Fsp3) is 0.211. The minimum atomic E-state index is 0.299. The van der Waals surface area contributed by atoms with Crippen molar-refractivity contribution in [1.29, 1.82) is 0 Å². The van der Waals surface area contributed by atoms with Crippen molar-refractivity contribution < 1.29 is 0 Å². The molecule has 0 saturated carbocycles. The van der Waals surface area contributed by atoms with Crippen molar-refractivity contribution in [2.75, 3.05) is 0 Å². The van der Waals surface area contributed by atoms with Crippen LogP contribution in [0.5, 0.6) is 0 Å². The molecule has 0 spiro atoms. The molecular weight excluding hydrogens is 456 g/mol. The Kier molecular flexibility index (Phi) is 8.51. The van der Waals surface area contributed by atoms with Gasteiger partial charge in [-0.3, -0.25) is 0 Å². The first-order valence-corrected chi connectivity index (χ1v) is 14.0. The second-order valence-electron chi connectivity index (χ2n) is 10.5. The normalized spacial score (nSPS) is 11.9. The van der Waals surface area contributed by atoms with Crippen LogP contribution in [0, 0.1) is 6.92 Å². The molecule has 0 bridgehead atoms. The minimum Gasteiger partial charge on any atom is -0.103 e. The first-order valence-electron chi connectivity index (χ1n) is 14.0. The highest BCUT2D eigenvalue weighted by Gasteiger charge is 2.18. The third kappa shape index (κ3) is 6.32. The molecule has 0 amide bonds. The number of allylic oxidation sites excluding steroid dienone is 1. The van der Waals surface area contributed by atoms with Crippen molar-refractivity contribution in [1.82, 2.24) is 0 Å². The molecule has 0 heteroatoms. The summed E-state index contributed by atoms with van der Waals surface area (Å²) in [6.07, 6.45) is 9.03. The second-order valence-corrected chi connectivity index (χ2v) is 10.5. The Morgan fingerprint density at radius 3 is 2.03 bits per heavy atom. The van der Waals surface area contributed by atoms with E-state index in [1.165, 1.54) is 69.0 Å². The number of aryl methyl sites for hydroxylation is 2. The van der Waals surface area contributed by atoms with Gasteiger partial charge in [0, 0.05) is 5.92 Å². The highest BCUT2D eigenvalue weighted by Crippen LogP contribution is 2.34. The fourth-order valence-corrected chi connectivity index (χ4v) is 5.49. The Morgan fingerprint density at radius 1 is 0.632 bits per heavy atom. The lowest BCUT2D eigenvalue weighted by atomic mass is 9.83. The molecule has 5 aromatic carbocycles. The van der Waals surface area contributed by atoms with Crippen LogP contribution in [0.3, 0.4) is 0 Å². The maximum absolute atomic E-state index is 3.84. The van der Waals surface area contributed by atoms with Crippen LogP contribution in [0.1, 0.15) is 59.4 Å². The summed E-state index contributed by atoms with van der Waals surface area (Å²) < 4.78 is 0. The Labute approximate surface area is 228 Å². The molecule has 0 aliphatic rings. The molecule has 1 atom stereocenters. The first kappa shape index (κ1) is 25.7. The molecule has 1 unspecified atom stereocenters. The molecule has 38 heavy (non-hydrogen) atoms. The second kappa shape index (κ2) is 12.6. The van der Waals surface area contributed by atoms with Gasteiger partial charge in [-0.25, -0.2) is 0 Å². The molecule has 0 N–H and O–H groups in total. The van der Waals surface area contributed by atoms with Crippen LogP contribution < -0.4 is 0 Å². The number of hydrogen-bond donors (Lipinski definition) is 0. The maximum Gasteiger partial charge on any atom is 0.0136 e. The van der Waals surface area contributed by atoms with Crippen LogP contribution in [-0.4, -0.2) is 0 Å². The predicted octanol–water partition coefficient (Wildman–Crippen LogP) is 10.5. The third-order valence-electron chi connectivity index (χ3n) is 7.73. The van der Waals surface area contributed by atoms with Crippen LogP contribution >= 0.6 is 0 Å². The van der Waals surface area contributed by atoms with Crippen molar-refractivity contribution in [2.24, 2.45) is 0 Å². The largest absolute Gasteiger partial charge is 0.103 e. The number of fused-ring (bicyclic) bond motifs is 1. The van der Waals surface area contributed by atoms with Gasteiger partial charge < -0.3 is 0 Å². The lowest BCUT2D eigenvalue weighted by Gasteiger charge is -2.21. The highest BCUT2D eigenvalue weighted by atomic mass is 14.2. The van der Waals surface area contributed by atoms with E-state index in [9.17, 15) is 0 Å². The summed E-state index contributed by atoms with van der Waals surface area (Å²) in [6.45, 7) is 5.97. The van der Waals surface area contributed by atoms with Crippen LogP contribution in [0.25, 0.3) is 21.9 Å². The van der Waals surface area contributed by atoms with Gasteiger partial charge in [-0.15, -0.1) is 6.58 Å². The zero-order valence-electron chi connectivity index (χ0n) is 22.6. The van der Waals surface area contributed by atoms with Gasteiger partial charge in [0.15, 0.2) is 0 Å². The van der Waals surface area contributed by atoms with E-state index in [0.29, 0.717) is 5.92 Å². The topological polar surface area (TPSA) is 0 Å². The summed E-state index contributed by atoms with van der Waals surface area (Å²) in [5.74, 6) is 0.299. The van der Waals surface area contributed by atoms with E-state index in [1.54, 1.807) is 0 Å². The Bertz CT molecular complexity index is 1450. The van der Waals surface area contributed by atoms with Crippen LogP contribution in [0.2, 0.25) is 0 Å². The summed E-state index contributed by atoms with van der Waals surface area (Å²) in [4.78, 5) is 0. The van der Waals surface area contributed by atoms with Gasteiger partial charge in [-0.2, -0.15) is 0 Å². The summed E-state index contributed by atoms with van der Waals surface area (Å²) in [6, 6.07) is 42.9. The fourth-order valence-electron chi connectivity index (χ4n) is 5.49. The number of unbranched alkanes of at least 4 members (excludes halogenated alkanes) is 3. The van der Waals surface area contributed by atoms with Gasteiger partial charge in [0.1, 0.15) is 0 Å². The van der Waals surface area contributed by atoms with E-state index in [2.05, 4.69) is 129 Å².